The van der Waals surface area contributed by atoms with Crippen molar-refractivity contribution in [1.29, 1.82) is 0 Å². The number of nitrogens with one attached hydrogen (secondary N) is 1. The zero-order chi connectivity index (χ0) is 13.2. The fourth-order valence-corrected chi connectivity index (χ4v) is 2.84. The molecule has 0 saturated heterocycles. The molecule has 0 unspecified atom stereocenters. The summed E-state index contributed by atoms with van der Waals surface area (Å²) in [6.45, 7) is 8.37. The molecule has 3 nitrogen and oxygen atoms in total. The molecule has 98 valence electrons. The maximum absolute atomic E-state index is 4.73. The first-order valence-electron chi connectivity index (χ1n) is 6.24. The van der Waals surface area contributed by atoms with Crippen molar-refractivity contribution in [3.05, 3.63) is 40.1 Å². The Hall–Kier alpha value is -1.13. The number of thiazole rings is 1. The van der Waals surface area contributed by atoms with Crippen LogP contribution in [0.4, 0.5) is 0 Å². The molecule has 1 N–H and O–H groups in total. The standard InChI is InChI=1S/C14H21N3S/c1-14(2,3)12-10-18-13(16-12)9-17-7-5-6-11(17)8-15-4/h5-7,10,15H,8-9H2,1-4H3. The lowest BCUT2D eigenvalue weighted by atomic mass is 9.93. The summed E-state index contributed by atoms with van der Waals surface area (Å²) in [7, 11) is 1.97. The van der Waals surface area contributed by atoms with E-state index < -0.39 is 0 Å². The van der Waals surface area contributed by atoms with E-state index in [9.17, 15) is 0 Å². The third kappa shape index (κ3) is 3.00. The first-order valence-corrected chi connectivity index (χ1v) is 7.12. The van der Waals surface area contributed by atoms with Gasteiger partial charge in [0, 0.05) is 29.2 Å². The Kier molecular flexibility index (Phi) is 3.88. The summed E-state index contributed by atoms with van der Waals surface area (Å²) in [5, 5.41) is 6.54. The molecule has 4 heteroatoms. The number of hydrogen-bond donors (Lipinski definition) is 1. The molecule has 0 bridgehead atoms. The zero-order valence-electron chi connectivity index (χ0n) is 11.5. The van der Waals surface area contributed by atoms with E-state index in [1.165, 1.54) is 16.4 Å². The van der Waals surface area contributed by atoms with Gasteiger partial charge in [0.2, 0.25) is 0 Å². The number of hydrogen-bond acceptors (Lipinski definition) is 3. The van der Waals surface area contributed by atoms with Crippen LogP contribution in [0.25, 0.3) is 0 Å². The van der Waals surface area contributed by atoms with E-state index in [0.717, 1.165) is 13.1 Å². The smallest absolute Gasteiger partial charge is 0.113 e. The van der Waals surface area contributed by atoms with Crippen LogP contribution < -0.4 is 5.32 Å². The minimum atomic E-state index is 0.138. The first kappa shape index (κ1) is 13.3. The fourth-order valence-electron chi connectivity index (χ4n) is 1.82. The summed E-state index contributed by atoms with van der Waals surface area (Å²) >= 11 is 1.75. The van der Waals surface area contributed by atoms with Crippen LogP contribution in [0.5, 0.6) is 0 Å². The van der Waals surface area contributed by atoms with E-state index in [1.54, 1.807) is 11.3 Å². The number of aromatic nitrogens is 2. The summed E-state index contributed by atoms with van der Waals surface area (Å²) in [6, 6.07) is 4.24. The van der Waals surface area contributed by atoms with Crippen LogP contribution in [-0.4, -0.2) is 16.6 Å². The average molecular weight is 263 g/mol. The second-order valence-corrected chi connectivity index (χ2v) is 6.48. The fraction of sp³-hybridized carbons (Fsp3) is 0.500. The minimum Gasteiger partial charge on any atom is -0.343 e. The molecule has 0 aliphatic heterocycles. The maximum Gasteiger partial charge on any atom is 0.113 e. The molecule has 0 fully saturated rings. The molecule has 0 aromatic carbocycles. The maximum atomic E-state index is 4.73. The topological polar surface area (TPSA) is 29.9 Å². The Balaban J connectivity index is 2.14. The van der Waals surface area contributed by atoms with Crippen LogP contribution in [0.1, 0.15) is 37.2 Å². The molecule has 0 aliphatic carbocycles. The Labute approximate surface area is 113 Å². The molecule has 18 heavy (non-hydrogen) atoms. The Morgan fingerprint density at radius 3 is 2.78 bits per heavy atom. The summed E-state index contributed by atoms with van der Waals surface area (Å²) in [5.74, 6) is 0. The minimum absolute atomic E-state index is 0.138. The summed E-state index contributed by atoms with van der Waals surface area (Å²) in [4.78, 5) is 4.73. The van der Waals surface area contributed by atoms with E-state index in [-0.39, 0.29) is 5.41 Å². The van der Waals surface area contributed by atoms with Crippen molar-refractivity contribution in [3.8, 4) is 0 Å². The second kappa shape index (κ2) is 5.24. The summed E-state index contributed by atoms with van der Waals surface area (Å²) < 4.78 is 2.25. The number of rotatable bonds is 4. The molecule has 0 atom stereocenters. The third-order valence-corrected chi connectivity index (χ3v) is 3.74. The highest BCUT2D eigenvalue weighted by atomic mass is 32.1. The monoisotopic (exact) mass is 263 g/mol. The molecule has 2 rings (SSSR count). The normalized spacial score (nSPS) is 12.0. The molecule has 2 heterocycles. The molecule has 2 aromatic heterocycles. The van der Waals surface area contributed by atoms with Gasteiger partial charge in [0.1, 0.15) is 5.01 Å². The van der Waals surface area contributed by atoms with Crippen molar-refractivity contribution >= 4 is 11.3 Å². The summed E-state index contributed by atoms with van der Waals surface area (Å²) in [6.07, 6.45) is 2.12. The van der Waals surface area contributed by atoms with Crippen LogP contribution in [0.15, 0.2) is 23.7 Å². The predicted molar refractivity (Wildman–Crippen MR) is 77.1 cm³/mol. The van der Waals surface area contributed by atoms with E-state index in [4.69, 9.17) is 4.98 Å². The van der Waals surface area contributed by atoms with Gasteiger partial charge in [-0.2, -0.15) is 0 Å². The van der Waals surface area contributed by atoms with Crippen LogP contribution >= 0.6 is 11.3 Å². The van der Waals surface area contributed by atoms with Gasteiger partial charge in [-0.25, -0.2) is 4.98 Å². The molecule has 0 saturated carbocycles. The van der Waals surface area contributed by atoms with Gasteiger partial charge in [-0.15, -0.1) is 11.3 Å². The quantitative estimate of drug-likeness (QED) is 0.919. The van der Waals surface area contributed by atoms with E-state index >= 15 is 0 Å². The van der Waals surface area contributed by atoms with Gasteiger partial charge in [0.05, 0.1) is 12.2 Å². The molecule has 0 amide bonds. The van der Waals surface area contributed by atoms with E-state index in [1.807, 2.05) is 7.05 Å². The third-order valence-electron chi connectivity index (χ3n) is 2.91. The van der Waals surface area contributed by atoms with Crippen molar-refractivity contribution in [3.63, 3.8) is 0 Å². The molecule has 2 aromatic rings. The van der Waals surface area contributed by atoms with Gasteiger partial charge in [-0.05, 0) is 19.2 Å². The van der Waals surface area contributed by atoms with Gasteiger partial charge < -0.3 is 9.88 Å². The van der Waals surface area contributed by atoms with E-state index in [2.05, 4.69) is 54.4 Å². The largest absolute Gasteiger partial charge is 0.343 e. The zero-order valence-corrected chi connectivity index (χ0v) is 12.3. The average Bonchev–Trinajstić information content (AvgIpc) is 2.89. The highest BCUT2D eigenvalue weighted by Crippen LogP contribution is 2.24. The van der Waals surface area contributed by atoms with Crippen molar-refractivity contribution in [2.45, 2.75) is 39.3 Å². The number of nitrogens with zero attached hydrogens (tertiary/aromatic N) is 2. The van der Waals surface area contributed by atoms with Gasteiger partial charge in [-0.3, -0.25) is 0 Å². The van der Waals surface area contributed by atoms with E-state index in [0.29, 0.717) is 0 Å². The van der Waals surface area contributed by atoms with Gasteiger partial charge in [0.25, 0.3) is 0 Å². The van der Waals surface area contributed by atoms with Crippen molar-refractivity contribution in [2.24, 2.45) is 0 Å². The lowest BCUT2D eigenvalue weighted by Gasteiger charge is -2.14. The first-order chi connectivity index (χ1) is 8.50. The predicted octanol–water partition coefficient (Wildman–Crippen LogP) is 3.01. The van der Waals surface area contributed by atoms with Crippen molar-refractivity contribution in [2.75, 3.05) is 7.05 Å². The molecule has 0 spiro atoms. The summed E-state index contributed by atoms with van der Waals surface area (Å²) in [5.41, 5.74) is 2.62. The van der Waals surface area contributed by atoms with Gasteiger partial charge in [-0.1, -0.05) is 20.8 Å². The Morgan fingerprint density at radius 1 is 1.39 bits per heavy atom. The van der Waals surface area contributed by atoms with Crippen LogP contribution in [0.3, 0.4) is 0 Å². The van der Waals surface area contributed by atoms with Gasteiger partial charge in [0.15, 0.2) is 0 Å². The Morgan fingerprint density at radius 2 is 2.17 bits per heavy atom. The van der Waals surface area contributed by atoms with Crippen molar-refractivity contribution in [1.82, 2.24) is 14.9 Å². The highest BCUT2D eigenvalue weighted by Gasteiger charge is 2.17. The van der Waals surface area contributed by atoms with Crippen LogP contribution in [0.2, 0.25) is 0 Å². The van der Waals surface area contributed by atoms with Crippen LogP contribution in [-0.2, 0) is 18.5 Å². The molecule has 0 radical (unpaired) electrons. The van der Waals surface area contributed by atoms with Crippen LogP contribution in [0, 0.1) is 0 Å². The van der Waals surface area contributed by atoms with Gasteiger partial charge >= 0.3 is 0 Å². The Bertz CT molecular complexity index is 505. The SMILES string of the molecule is CNCc1cccn1Cc1nc(C(C)(C)C)cs1. The second-order valence-electron chi connectivity index (χ2n) is 5.53. The molecule has 0 aliphatic rings. The lowest BCUT2D eigenvalue weighted by Crippen LogP contribution is -2.13. The lowest BCUT2D eigenvalue weighted by molar-refractivity contribution is 0.569. The highest BCUT2D eigenvalue weighted by molar-refractivity contribution is 7.09. The molecular weight excluding hydrogens is 242 g/mol. The van der Waals surface area contributed by atoms with Crippen molar-refractivity contribution < 1.29 is 0 Å². The molecular formula is C14H21N3S.